The second kappa shape index (κ2) is 3.97. The first kappa shape index (κ1) is 10.3. The first-order valence-corrected chi connectivity index (χ1v) is 4.80. The third-order valence-corrected chi connectivity index (χ3v) is 2.43. The molecule has 0 bridgehead atoms. The predicted molar refractivity (Wildman–Crippen MR) is 57.2 cm³/mol. The summed E-state index contributed by atoms with van der Waals surface area (Å²) in [5, 5.41) is 4.03. The molecule has 0 saturated carbocycles. The molecule has 1 aromatic heterocycles. The van der Waals surface area contributed by atoms with Crippen LogP contribution in [0.25, 0.3) is 0 Å². The van der Waals surface area contributed by atoms with Crippen LogP contribution < -0.4 is 5.32 Å². The largest absolute Gasteiger partial charge is 0.379 e. The zero-order valence-corrected chi connectivity index (χ0v) is 9.02. The fourth-order valence-corrected chi connectivity index (χ4v) is 1.10. The maximum absolute atomic E-state index is 5.96. The first-order valence-electron chi connectivity index (χ1n) is 4.43. The van der Waals surface area contributed by atoms with E-state index in [0.717, 1.165) is 12.1 Å². The molecule has 0 fully saturated rings. The number of hydrogen-bond acceptors (Lipinski definition) is 2. The van der Waals surface area contributed by atoms with E-state index in [1.807, 2.05) is 6.07 Å². The molecule has 1 heterocycles. The van der Waals surface area contributed by atoms with Crippen LogP contribution in [0.2, 0.25) is 5.02 Å². The van der Waals surface area contributed by atoms with E-state index in [4.69, 9.17) is 11.6 Å². The Morgan fingerprint density at radius 3 is 2.77 bits per heavy atom. The van der Waals surface area contributed by atoms with Crippen LogP contribution in [0.1, 0.15) is 27.2 Å². The Morgan fingerprint density at radius 2 is 2.23 bits per heavy atom. The van der Waals surface area contributed by atoms with Crippen LogP contribution >= 0.6 is 11.6 Å². The molecular weight excluding hydrogens is 184 g/mol. The van der Waals surface area contributed by atoms with Crippen molar-refractivity contribution in [2.24, 2.45) is 0 Å². The number of nitrogens with one attached hydrogen (secondary N) is 1. The highest BCUT2D eigenvalue weighted by molar-refractivity contribution is 6.33. The standard InChI is InChI=1S/C10H15ClN2/c1-4-10(2,3)13-9-5-6-12-7-8(9)11/h5-7H,4H2,1-3H3,(H,12,13). The van der Waals surface area contributed by atoms with Crippen LogP contribution in [0.15, 0.2) is 18.5 Å². The van der Waals surface area contributed by atoms with Gasteiger partial charge in [0.25, 0.3) is 0 Å². The van der Waals surface area contributed by atoms with Crippen molar-refractivity contribution >= 4 is 17.3 Å². The topological polar surface area (TPSA) is 24.9 Å². The van der Waals surface area contributed by atoms with Gasteiger partial charge in [0.05, 0.1) is 10.7 Å². The predicted octanol–water partition coefficient (Wildman–Crippen LogP) is 3.34. The van der Waals surface area contributed by atoms with Crippen LogP contribution in [-0.4, -0.2) is 10.5 Å². The SMILES string of the molecule is CCC(C)(C)Nc1ccncc1Cl. The van der Waals surface area contributed by atoms with E-state index in [2.05, 4.69) is 31.1 Å². The van der Waals surface area contributed by atoms with Gasteiger partial charge in [-0.25, -0.2) is 0 Å². The summed E-state index contributed by atoms with van der Waals surface area (Å²) in [6, 6.07) is 1.89. The van der Waals surface area contributed by atoms with Crippen molar-refractivity contribution in [3.63, 3.8) is 0 Å². The van der Waals surface area contributed by atoms with Gasteiger partial charge in [-0.05, 0) is 26.3 Å². The number of anilines is 1. The van der Waals surface area contributed by atoms with Crippen molar-refractivity contribution in [3.05, 3.63) is 23.5 Å². The normalized spacial score (nSPS) is 11.4. The van der Waals surface area contributed by atoms with E-state index in [9.17, 15) is 0 Å². The number of rotatable bonds is 3. The lowest BCUT2D eigenvalue weighted by molar-refractivity contribution is 0.547. The van der Waals surface area contributed by atoms with Crippen molar-refractivity contribution in [2.75, 3.05) is 5.32 Å². The maximum atomic E-state index is 5.96. The monoisotopic (exact) mass is 198 g/mol. The fraction of sp³-hybridized carbons (Fsp3) is 0.500. The van der Waals surface area contributed by atoms with Crippen LogP contribution in [0.5, 0.6) is 0 Å². The van der Waals surface area contributed by atoms with Crippen molar-refractivity contribution in [1.82, 2.24) is 4.98 Å². The second-order valence-corrected chi connectivity index (χ2v) is 4.13. The fourth-order valence-electron chi connectivity index (χ4n) is 0.930. The molecule has 2 nitrogen and oxygen atoms in total. The lowest BCUT2D eigenvalue weighted by Crippen LogP contribution is -2.29. The Hall–Kier alpha value is -0.760. The number of aromatic nitrogens is 1. The zero-order chi connectivity index (χ0) is 9.90. The lowest BCUT2D eigenvalue weighted by atomic mass is 10.0. The number of hydrogen-bond donors (Lipinski definition) is 1. The third kappa shape index (κ3) is 2.88. The van der Waals surface area contributed by atoms with Gasteiger partial charge in [0.15, 0.2) is 0 Å². The summed E-state index contributed by atoms with van der Waals surface area (Å²) in [4.78, 5) is 3.93. The summed E-state index contributed by atoms with van der Waals surface area (Å²) in [5.41, 5.74) is 1.02. The molecule has 0 aromatic carbocycles. The first-order chi connectivity index (χ1) is 6.05. The Balaban J connectivity index is 2.80. The summed E-state index contributed by atoms with van der Waals surface area (Å²) in [5.74, 6) is 0. The molecule has 0 atom stereocenters. The minimum absolute atomic E-state index is 0.0744. The van der Waals surface area contributed by atoms with E-state index in [1.54, 1.807) is 12.4 Å². The van der Waals surface area contributed by atoms with E-state index < -0.39 is 0 Å². The van der Waals surface area contributed by atoms with Crippen molar-refractivity contribution in [2.45, 2.75) is 32.7 Å². The molecule has 1 aromatic rings. The molecule has 0 radical (unpaired) electrons. The summed E-state index contributed by atoms with van der Waals surface area (Å²) in [6.07, 6.45) is 4.43. The number of halogens is 1. The van der Waals surface area contributed by atoms with E-state index >= 15 is 0 Å². The van der Waals surface area contributed by atoms with Gasteiger partial charge in [0, 0.05) is 17.9 Å². The molecule has 0 unspecified atom stereocenters. The van der Waals surface area contributed by atoms with Crippen molar-refractivity contribution < 1.29 is 0 Å². The molecule has 0 aliphatic carbocycles. The molecule has 1 rings (SSSR count). The Labute approximate surface area is 84.3 Å². The molecule has 1 N–H and O–H groups in total. The molecule has 0 spiro atoms. The van der Waals surface area contributed by atoms with Gasteiger partial charge in [-0.2, -0.15) is 0 Å². The lowest BCUT2D eigenvalue weighted by Gasteiger charge is -2.26. The third-order valence-electron chi connectivity index (χ3n) is 2.13. The summed E-state index contributed by atoms with van der Waals surface area (Å²) in [7, 11) is 0. The van der Waals surface area contributed by atoms with E-state index in [1.165, 1.54) is 0 Å². The van der Waals surface area contributed by atoms with Gasteiger partial charge in [0.2, 0.25) is 0 Å². The highest BCUT2D eigenvalue weighted by Crippen LogP contribution is 2.24. The van der Waals surface area contributed by atoms with Gasteiger partial charge in [-0.1, -0.05) is 18.5 Å². The maximum Gasteiger partial charge on any atom is 0.0820 e. The van der Waals surface area contributed by atoms with Crippen molar-refractivity contribution in [1.29, 1.82) is 0 Å². The average molecular weight is 199 g/mol. The molecule has 0 aliphatic rings. The van der Waals surface area contributed by atoms with E-state index in [-0.39, 0.29) is 5.54 Å². The number of nitrogens with zero attached hydrogens (tertiary/aromatic N) is 1. The average Bonchev–Trinajstić information content (AvgIpc) is 2.09. The molecule has 3 heteroatoms. The molecule has 72 valence electrons. The smallest absolute Gasteiger partial charge is 0.0820 e. The minimum atomic E-state index is 0.0744. The van der Waals surface area contributed by atoms with Crippen LogP contribution in [0, 0.1) is 0 Å². The summed E-state index contributed by atoms with van der Waals surface area (Å²) in [6.45, 7) is 6.43. The molecule has 0 aliphatic heterocycles. The van der Waals surface area contributed by atoms with Gasteiger partial charge < -0.3 is 5.32 Å². The quantitative estimate of drug-likeness (QED) is 0.806. The Morgan fingerprint density at radius 1 is 1.54 bits per heavy atom. The van der Waals surface area contributed by atoms with Gasteiger partial charge >= 0.3 is 0 Å². The summed E-state index contributed by atoms with van der Waals surface area (Å²) < 4.78 is 0. The number of pyridine rings is 1. The zero-order valence-electron chi connectivity index (χ0n) is 8.26. The minimum Gasteiger partial charge on any atom is -0.379 e. The van der Waals surface area contributed by atoms with Gasteiger partial charge in [0.1, 0.15) is 0 Å². The molecular formula is C10H15ClN2. The Bertz CT molecular complexity index is 284. The van der Waals surface area contributed by atoms with Gasteiger partial charge in [-0.15, -0.1) is 0 Å². The van der Waals surface area contributed by atoms with Crippen LogP contribution in [0.4, 0.5) is 5.69 Å². The highest BCUT2D eigenvalue weighted by Gasteiger charge is 2.15. The van der Waals surface area contributed by atoms with Crippen molar-refractivity contribution in [3.8, 4) is 0 Å². The second-order valence-electron chi connectivity index (χ2n) is 3.72. The van der Waals surface area contributed by atoms with E-state index in [0.29, 0.717) is 5.02 Å². The van der Waals surface area contributed by atoms with Gasteiger partial charge in [-0.3, -0.25) is 4.98 Å². The molecule has 13 heavy (non-hydrogen) atoms. The van der Waals surface area contributed by atoms with Crippen LogP contribution in [0.3, 0.4) is 0 Å². The molecule has 0 saturated heterocycles. The highest BCUT2D eigenvalue weighted by atomic mass is 35.5. The summed E-state index contributed by atoms with van der Waals surface area (Å²) >= 11 is 5.96. The molecule has 0 amide bonds. The van der Waals surface area contributed by atoms with Crippen LogP contribution in [-0.2, 0) is 0 Å². The Kier molecular flexibility index (Phi) is 3.15.